The first-order valence-corrected chi connectivity index (χ1v) is 10.4. The summed E-state index contributed by atoms with van der Waals surface area (Å²) in [4.78, 5) is 17.3. The molecule has 1 unspecified atom stereocenters. The molecule has 1 aromatic heterocycles. The summed E-state index contributed by atoms with van der Waals surface area (Å²) in [5, 5.41) is 8.46. The molecule has 1 N–H and O–H groups in total. The highest BCUT2D eigenvalue weighted by molar-refractivity contribution is 9.10. The number of nitrogens with zero attached hydrogens (tertiary/aromatic N) is 3. The third-order valence-corrected chi connectivity index (χ3v) is 5.30. The van der Waals surface area contributed by atoms with Crippen molar-refractivity contribution in [1.82, 2.24) is 14.8 Å². The van der Waals surface area contributed by atoms with E-state index in [-0.39, 0.29) is 5.97 Å². The van der Waals surface area contributed by atoms with Crippen LogP contribution in [-0.4, -0.2) is 40.2 Å². The molecular formula is C18H21BrN4O3S. The average molecular weight is 453 g/mol. The van der Waals surface area contributed by atoms with Gasteiger partial charge in [-0.1, -0.05) is 34.6 Å². The summed E-state index contributed by atoms with van der Waals surface area (Å²) in [6, 6.07) is 5.17. The number of aromatic nitrogens is 3. The van der Waals surface area contributed by atoms with Crippen LogP contribution in [0.2, 0.25) is 0 Å². The highest BCUT2D eigenvalue weighted by Crippen LogP contribution is 2.41. The van der Waals surface area contributed by atoms with Gasteiger partial charge in [0, 0.05) is 15.7 Å². The van der Waals surface area contributed by atoms with Crippen LogP contribution in [0.1, 0.15) is 32.4 Å². The lowest BCUT2D eigenvalue weighted by Crippen LogP contribution is -2.30. The first-order chi connectivity index (χ1) is 13.0. The number of halogens is 1. The second-order valence-corrected chi connectivity index (χ2v) is 7.92. The lowest BCUT2D eigenvalue weighted by molar-refractivity contribution is -0.139. The van der Waals surface area contributed by atoms with Crippen molar-refractivity contribution >= 4 is 39.6 Å². The Morgan fingerprint density at radius 2 is 2.19 bits per heavy atom. The summed E-state index contributed by atoms with van der Waals surface area (Å²) >= 11 is 5.05. The predicted octanol–water partition coefficient (Wildman–Crippen LogP) is 4.01. The number of anilines is 1. The first kappa shape index (κ1) is 19.8. The minimum atomic E-state index is -0.508. The fraction of sp³-hybridized carbons (Fsp3) is 0.389. The van der Waals surface area contributed by atoms with Gasteiger partial charge >= 0.3 is 5.97 Å². The van der Waals surface area contributed by atoms with Crippen LogP contribution in [0.3, 0.4) is 0 Å². The van der Waals surface area contributed by atoms with Gasteiger partial charge < -0.3 is 14.8 Å². The molecular weight excluding hydrogens is 432 g/mol. The van der Waals surface area contributed by atoms with Crippen molar-refractivity contribution in [2.45, 2.75) is 32.0 Å². The van der Waals surface area contributed by atoms with Gasteiger partial charge in [0.15, 0.2) is 0 Å². The molecule has 0 radical (unpaired) electrons. The molecule has 0 aliphatic carbocycles. The summed E-state index contributed by atoms with van der Waals surface area (Å²) in [6.45, 7) is 5.96. The van der Waals surface area contributed by atoms with Crippen LogP contribution in [0.4, 0.5) is 5.95 Å². The normalized spacial score (nSPS) is 16.0. The van der Waals surface area contributed by atoms with Crippen LogP contribution in [0.15, 0.2) is 39.1 Å². The summed E-state index contributed by atoms with van der Waals surface area (Å²) < 4.78 is 13.5. The fourth-order valence-corrected chi connectivity index (χ4v) is 3.94. The van der Waals surface area contributed by atoms with Crippen molar-refractivity contribution in [1.29, 1.82) is 0 Å². The maximum Gasteiger partial charge on any atom is 0.338 e. The zero-order valence-corrected chi connectivity index (χ0v) is 18.0. The van der Waals surface area contributed by atoms with Crippen LogP contribution in [0.5, 0.6) is 5.75 Å². The standard InChI is InChI=1S/C18H21BrN4O3S/c1-5-26-16(24)14-10(3)20-17-21-18(27-6-2)22-23(17)15(14)12-9-11(19)7-8-13(12)25-4/h7-9,15H,5-6H2,1-4H3,(H,20,21,22). The van der Waals surface area contributed by atoms with E-state index in [9.17, 15) is 4.79 Å². The molecule has 0 fully saturated rings. The fourth-order valence-electron chi connectivity index (χ4n) is 3.00. The summed E-state index contributed by atoms with van der Waals surface area (Å²) in [7, 11) is 1.61. The number of carbonyl (C=O) groups is 1. The molecule has 2 aromatic rings. The number of allylic oxidation sites excluding steroid dienone is 1. The van der Waals surface area contributed by atoms with Gasteiger partial charge in [-0.2, -0.15) is 4.98 Å². The molecule has 0 saturated heterocycles. The van der Waals surface area contributed by atoms with Gasteiger partial charge in [-0.3, -0.25) is 0 Å². The summed E-state index contributed by atoms with van der Waals surface area (Å²) in [5.74, 6) is 1.71. The zero-order chi connectivity index (χ0) is 19.6. The molecule has 1 aromatic carbocycles. The Balaban J connectivity index is 2.22. The highest BCUT2D eigenvalue weighted by Gasteiger charge is 2.36. The van der Waals surface area contributed by atoms with Gasteiger partial charge in [-0.05, 0) is 37.8 Å². The van der Waals surface area contributed by atoms with E-state index in [1.165, 1.54) is 0 Å². The average Bonchev–Trinajstić information content (AvgIpc) is 3.02. The van der Waals surface area contributed by atoms with Gasteiger partial charge in [-0.15, -0.1) is 5.10 Å². The van der Waals surface area contributed by atoms with Crippen LogP contribution >= 0.6 is 27.7 Å². The minimum absolute atomic E-state index is 0.291. The van der Waals surface area contributed by atoms with Crippen LogP contribution in [0, 0.1) is 0 Å². The van der Waals surface area contributed by atoms with Crippen molar-refractivity contribution in [3.05, 3.63) is 39.5 Å². The van der Waals surface area contributed by atoms with Gasteiger partial charge in [0.05, 0.1) is 19.3 Å². The predicted molar refractivity (Wildman–Crippen MR) is 108 cm³/mol. The second-order valence-electron chi connectivity index (χ2n) is 5.77. The van der Waals surface area contributed by atoms with E-state index in [2.05, 4.69) is 31.3 Å². The van der Waals surface area contributed by atoms with Crippen LogP contribution < -0.4 is 10.1 Å². The summed E-state index contributed by atoms with van der Waals surface area (Å²) in [6.07, 6.45) is 0. The number of benzene rings is 1. The SMILES string of the molecule is CCOC(=O)C1=C(C)Nc2nc(SCC)nn2C1c1cc(Br)ccc1OC. The van der Waals surface area contributed by atoms with Crippen molar-refractivity contribution in [2.24, 2.45) is 0 Å². The Morgan fingerprint density at radius 3 is 2.85 bits per heavy atom. The molecule has 144 valence electrons. The molecule has 0 bridgehead atoms. The van der Waals surface area contributed by atoms with Crippen LogP contribution in [0.25, 0.3) is 0 Å². The number of methoxy groups -OCH3 is 1. The smallest absolute Gasteiger partial charge is 0.338 e. The third kappa shape index (κ3) is 3.84. The van der Waals surface area contributed by atoms with Crippen molar-refractivity contribution in [3.63, 3.8) is 0 Å². The largest absolute Gasteiger partial charge is 0.496 e. The first-order valence-electron chi connectivity index (χ1n) is 8.57. The molecule has 9 heteroatoms. The molecule has 7 nitrogen and oxygen atoms in total. The number of ether oxygens (including phenoxy) is 2. The lowest BCUT2D eigenvalue weighted by Gasteiger charge is -2.29. The molecule has 0 saturated carbocycles. The number of hydrogen-bond acceptors (Lipinski definition) is 7. The van der Waals surface area contributed by atoms with E-state index in [1.54, 1.807) is 30.5 Å². The molecule has 3 rings (SSSR count). The van der Waals surface area contributed by atoms with E-state index in [0.29, 0.717) is 34.7 Å². The Morgan fingerprint density at radius 1 is 1.41 bits per heavy atom. The number of carbonyl (C=O) groups excluding carboxylic acids is 1. The topological polar surface area (TPSA) is 78.3 Å². The third-order valence-electron chi connectivity index (χ3n) is 4.09. The molecule has 2 heterocycles. The van der Waals surface area contributed by atoms with Gasteiger partial charge in [0.2, 0.25) is 11.1 Å². The van der Waals surface area contributed by atoms with Gasteiger partial charge in [0.1, 0.15) is 11.8 Å². The maximum atomic E-state index is 12.8. The molecule has 27 heavy (non-hydrogen) atoms. The number of thioether (sulfide) groups is 1. The number of rotatable bonds is 6. The molecule has 0 spiro atoms. The van der Waals surface area contributed by atoms with E-state index >= 15 is 0 Å². The van der Waals surface area contributed by atoms with E-state index in [0.717, 1.165) is 15.8 Å². The number of esters is 1. The molecule has 1 aliphatic rings. The van der Waals surface area contributed by atoms with Gasteiger partial charge in [0.25, 0.3) is 0 Å². The van der Waals surface area contributed by atoms with Crippen LogP contribution in [-0.2, 0) is 9.53 Å². The van der Waals surface area contributed by atoms with Crippen molar-refractivity contribution in [3.8, 4) is 5.75 Å². The quantitative estimate of drug-likeness (QED) is 0.523. The Hall–Kier alpha value is -2.00. The Labute approximate surface area is 170 Å². The summed E-state index contributed by atoms with van der Waals surface area (Å²) in [5.41, 5.74) is 1.97. The molecule has 0 amide bonds. The van der Waals surface area contributed by atoms with Gasteiger partial charge in [-0.25, -0.2) is 9.48 Å². The maximum absolute atomic E-state index is 12.8. The Kier molecular flexibility index (Phi) is 6.11. The zero-order valence-electron chi connectivity index (χ0n) is 15.6. The number of hydrogen-bond donors (Lipinski definition) is 1. The van der Waals surface area contributed by atoms with E-state index in [1.807, 2.05) is 32.0 Å². The second kappa shape index (κ2) is 8.35. The number of fused-ring (bicyclic) bond motifs is 1. The lowest BCUT2D eigenvalue weighted by atomic mass is 9.95. The van der Waals surface area contributed by atoms with E-state index in [4.69, 9.17) is 9.47 Å². The minimum Gasteiger partial charge on any atom is -0.496 e. The number of nitrogens with one attached hydrogen (secondary N) is 1. The van der Waals surface area contributed by atoms with Crippen molar-refractivity contribution in [2.75, 3.05) is 24.8 Å². The van der Waals surface area contributed by atoms with Crippen molar-refractivity contribution < 1.29 is 14.3 Å². The molecule has 1 atom stereocenters. The highest BCUT2D eigenvalue weighted by atomic mass is 79.9. The monoisotopic (exact) mass is 452 g/mol. The van der Waals surface area contributed by atoms with E-state index < -0.39 is 6.04 Å². The Bertz CT molecular complexity index is 897. The molecule has 1 aliphatic heterocycles.